The summed E-state index contributed by atoms with van der Waals surface area (Å²) in [5.41, 5.74) is 0.263. The van der Waals surface area contributed by atoms with Crippen LogP contribution < -0.4 is 0 Å². The number of nitro groups is 1. The lowest BCUT2D eigenvalue weighted by molar-refractivity contribution is -0.375. The van der Waals surface area contributed by atoms with Crippen LogP contribution in [0.2, 0.25) is 0 Å². The van der Waals surface area contributed by atoms with Crippen molar-refractivity contribution in [1.82, 2.24) is 0 Å². The molecule has 52 valence electrons. The highest BCUT2D eigenvalue weighted by molar-refractivity contribution is 5.54. The van der Waals surface area contributed by atoms with E-state index in [-0.39, 0.29) is 5.70 Å². The normalized spacial score (nSPS) is 9.20. The molecule has 0 aliphatic heterocycles. The predicted octanol–water partition coefficient (Wildman–Crippen LogP) is 1.53. The van der Waals surface area contributed by atoms with E-state index in [1.54, 1.807) is 0 Å². The molecule has 10 heavy (non-hydrogen) atoms. The zero-order chi connectivity index (χ0) is 7.56. The molecule has 0 radical (unpaired) electrons. The first-order valence-corrected chi connectivity index (χ1v) is 2.57. The van der Waals surface area contributed by atoms with E-state index in [2.05, 4.69) is 11.0 Å². The van der Waals surface area contributed by atoms with Crippen LogP contribution in [0.25, 0.3) is 5.70 Å². The van der Waals surface area contributed by atoms with Gasteiger partial charge in [0.2, 0.25) is 0 Å². The summed E-state index contributed by atoms with van der Waals surface area (Å²) in [7, 11) is 0. The molecule has 1 aromatic heterocycles. The third-order valence-corrected chi connectivity index (χ3v) is 1.07. The molecular weight excluding hydrogens is 134 g/mol. The van der Waals surface area contributed by atoms with E-state index in [9.17, 15) is 10.1 Å². The summed E-state index contributed by atoms with van der Waals surface area (Å²) >= 11 is 0. The number of rotatable bonds is 2. The molecule has 4 nitrogen and oxygen atoms in total. The molecule has 4 heteroatoms. The molecular formula is C6H5NO3. The Morgan fingerprint density at radius 3 is 2.90 bits per heavy atom. The van der Waals surface area contributed by atoms with Crippen LogP contribution in [0.4, 0.5) is 0 Å². The van der Waals surface area contributed by atoms with Crippen molar-refractivity contribution in [2.45, 2.75) is 0 Å². The largest absolute Gasteiger partial charge is 0.472 e. The number of furan rings is 1. The topological polar surface area (TPSA) is 56.3 Å². The second kappa shape index (κ2) is 2.34. The van der Waals surface area contributed by atoms with Crippen LogP contribution in [0.3, 0.4) is 0 Å². The first-order chi connectivity index (χ1) is 4.72. The average Bonchev–Trinajstić information content (AvgIpc) is 2.36. The van der Waals surface area contributed by atoms with E-state index < -0.39 is 4.92 Å². The lowest BCUT2D eigenvalue weighted by Crippen LogP contribution is -1.93. The predicted molar refractivity (Wildman–Crippen MR) is 34.7 cm³/mol. The highest BCUT2D eigenvalue weighted by Gasteiger charge is 2.10. The fourth-order valence-electron chi connectivity index (χ4n) is 0.534. The van der Waals surface area contributed by atoms with E-state index in [1.807, 2.05) is 0 Å². The van der Waals surface area contributed by atoms with Gasteiger partial charge in [-0.2, -0.15) is 0 Å². The maximum Gasteiger partial charge on any atom is 0.272 e. The third kappa shape index (κ3) is 1.05. The van der Waals surface area contributed by atoms with Crippen molar-refractivity contribution in [2.75, 3.05) is 0 Å². The lowest BCUT2D eigenvalue weighted by Gasteiger charge is -1.87. The summed E-state index contributed by atoms with van der Waals surface area (Å²) in [5, 5.41) is 10.1. The van der Waals surface area contributed by atoms with E-state index >= 15 is 0 Å². The molecule has 0 N–H and O–H groups in total. The summed E-state index contributed by atoms with van der Waals surface area (Å²) < 4.78 is 4.62. The molecule has 0 unspecified atom stereocenters. The van der Waals surface area contributed by atoms with Gasteiger partial charge in [-0.1, -0.05) is 0 Å². The summed E-state index contributed by atoms with van der Waals surface area (Å²) in [4.78, 5) is 9.51. The molecule has 0 amide bonds. The Morgan fingerprint density at radius 1 is 1.80 bits per heavy atom. The van der Waals surface area contributed by atoms with Gasteiger partial charge in [-0.15, -0.1) is 0 Å². The molecule has 0 atom stereocenters. The zero-order valence-corrected chi connectivity index (χ0v) is 5.11. The van der Waals surface area contributed by atoms with Crippen molar-refractivity contribution in [1.29, 1.82) is 0 Å². The number of nitrogens with zero attached hydrogens (tertiary/aromatic N) is 1. The molecule has 0 saturated carbocycles. The Bertz CT molecular complexity index is 250. The summed E-state index contributed by atoms with van der Waals surface area (Å²) in [6.45, 7) is 3.24. The Hall–Kier alpha value is -1.58. The molecule has 1 rings (SSSR count). The number of hydrogen-bond donors (Lipinski definition) is 0. The van der Waals surface area contributed by atoms with E-state index in [0.29, 0.717) is 5.56 Å². The fourth-order valence-corrected chi connectivity index (χ4v) is 0.534. The van der Waals surface area contributed by atoms with Crippen LogP contribution in [-0.2, 0) is 0 Å². The second-order valence-corrected chi connectivity index (χ2v) is 1.72. The average molecular weight is 139 g/mol. The Morgan fingerprint density at radius 2 is 2.50 bits per heavy atom. The lowest BCUT2D eigenvalue weighted by atomic mass is 10.3. The molecule has 1 aromatic rings. The van der Waals surface area contributed by atoms with Gasteiger partial charge in [0.15, 0.2) is 0 Å². The highest BCUT2D eigenvalue weighted by atomic mass is 16.6. The van der Waals surface area contributed by atoms with Gasteiger partial charge in [-0.3, -0.25) is 10.1 Å². The van der Waals surface area contributed by atoms with E-state index in [1.165, 1.54) is 18.6 Å². The van der Waals surface area contributed by atoms with Crippen LogP contribution in [0.15, 0.2) is 29.6 Å². The summed E-state index contributed by atoms with van der Waals surface area (Å²) in [5.74, 6) is 0. The van der Waals surface area contributed by atoms with Gasteiger partial charge < -0.3 is 4.42 Å². The van der Waals surface area contributed by atoms with Crippen molar-refractivity contribution in [3.8, 4) is 0 Å². The van der Waals surface area contributed by atoms with Gasteiger partial charge in [-0.05, 0) is 12.6 Å². The summed E-state index contributed by atoms with van der Waals surface area (Å²) in [6.07, 6.45) is 2.65. The number of hydrogen-bond acceptors (Lipinski definition) is 3. The zero-order valence-electron chi connectivity index (χ0n) is 5.11. The maximum atomic E-state index is 10.1. The molecule has 0 bridgehead atoms. The quantitative estimate of drug-likeness (QED) is 0.461. The van der Waals surface area contributed by atoms with Gasteiger partial charge in [0, 0.05) is 0 Å². The van der Waals surface area contributed by atoms with Crippen molar-refractivity contribution in [3.05, 3.63) is 40.8 Å². The molecule has 0 aromatic carbocycles. The SMILES string of the molecule is C=C(c1ccoc1)[N+](=O)[O-]. The molecule has 1 heterocycles. The molecule has 0 fully saturated rings. The molecule has 0 aliphatic carbocycles. The van der Waals surface area contributed by atoms with Crippen LogP contribution in [-0.4, -0.2) is 4.92 Å². The monoisotopic (exact) mass is 139 g/mol. The van der Waals surface area contributed by atoms with Crippen molar-refractivity contribution in [2.24, 2.45) is 0 Å². The molecule has 0 saturated heterocycles. The smallest absolute Gasteiger partial charge is 0.272 e. The first kappa shape index (κ1) is 6.54. The van der Waals surface area contributed by atoms with Crippen LogP contribution in [0, 0.1) is 10.1 Å². The van der Waals surface area contributed by atoms with Crippen molar-refractivity contribution >= 4 is 5.70 Å². The summed E-state index contributed by atoms with van der Waals surface area (Å²) in [6, 6.07) is 1.49. The Balaban J connectivity index is 2.88. The maximum absolute atomic E-state index is 10.1. The molecule has 0 spiro atoms. The van der Waals surface area contributed by atoms with Crippen LogP contribution in [0.5, 0.6) is 0 Å². The highest BCUT2D eigenvalue weighted by Crippen LogP contribution is 2.11. The fraction of sp³-hybridized carbons (Fsp3) is 0. The van der Waals surface area contributed by atoms with Gasteiger partial charge in [0.25, 0.3) is 5.70 Å². The van der Waals surface area contributed by atoms with Gasteiger partial charge in [-0.25, -0.2) is 0 Å². The van der Waals surface area contributed by atoms with Crippen LogP contribution in [0.1, 0.15) is 5.56 Å². The Kier molecular flexibility index (Phi) is 1.53. The van der Waals surface area contributed by atoms with Crippen molar-refractivity contribution < 1.29 is 9.34 Å². The molecule has 0 aliphatic rings. The van der Waals surface area contributed by atoms with Gasteiger partial charge >= 0.3 is 0 Å². The third-order valence-electron chi connectivity index (χ3n) is 1.07. The minimum Gasteiger partial charge on any atom is -0.472 e. The van der Waals surface area contributed by atoms with Gasteiger partial charge in [0.05, 0.1) is 16.7 Å². The Labute approximate surface area is 56.9 Å². The standard InChI is InChI=1S/C6H5NO3/c1-5(7(8)9)6-2-3-10-4-6/h2-4H,1H2. The second-order valence-electron chi connectivity index (χ2n) is 1.72. The van der Waals surface area contributed by atoms with E-state index in [4.69, 9.17) is 0 Å². The minimum absolute atomic E-state index is 0.145. The minimum atomic E-state index is -0.551. The first-order valence-electron chi connectivity index (χ1n) is 2.57. The van der Waals surface area contributed by atoms with Crippen molar-refractivity contribution in [3.63, 3.8) is 0 Å². The van der Waals surface area contributed by atoms with Gasteiger partial charge in [0.1, 0.15) is 6.26 Å². The van der Waals surface area contributed by atoms with Crippen LogP contribution >= 0.6 is 0 Å². The van der Waals surface area contributed by atoms with E-state index in [0.717, 1.165) is 0 Å².